The minimum Gasteiger partial charge on any atom is -0.497 e. The number of carboxylic acid groups (broad SMARTS) is 1. The number of sulfonamides is 1. The van der Waals surface area contributed by atoms with Crippen LogP contribution < -0.4 is 9.46 Å². The van der Waals surface area contributed by atoms with Crippen molar-refractivity contribution in [2.75, 3.05) is 7.11 Å². The second kappa shape index (κ2) is 7.59. The average Bonchev–Trinajstić information content (AvgIpc) is 3.49. The summed E-state index contributed by atoms with van der Waals surface area (Å²) in [6.45, 7) is 0. The van der Waals surface area contributed by atoms with E-state index < -0.39 is 27.4 Å². The van der Waals surface area contributed by atoms with Crippen LogP contribution in [0, 0.1) is 0 Å². The maximum Gasteiger partial charge on any atom is 0.325 e. The third kappa shape index (κ3) is 3.69. The van der Waals surface area contributed by atoms with Gasteiger partial charge in [-0.2, -0.15) is 4.72 Å². The van der Waals surface area contributed by atoms with Gasteiger partial charge in [-0.3, -0.25) is 4.79 Å². The first kappa shape index (κ1) is 20.1. The van der Waals surface area contributed by atoms with Gasteiger partial charge in [-0.15, -0.1) is 0 Å². The van der Waals surface area contributed by atoms with Crippen molar-refractivity contribution in [3.63, 3.8) is 0 Å². The summed E-state index contributed by atoms with van der Waals surface area (Å²) in [6, 6.07) is 22.9. The maximum absolute atomic E-state index is 12.9. The van der Waals surface area contributed by atoms with Crippen LogP contribution >= 0.6 is 0 Å². The molecule has 30 heavy (non-hydrogen) atoms. The lowest BCUT2D eigenvalue weighted by molar-refractivity contribution is -0.140. The van der Waals surface area contributed by atoms with E-state index in [1.165, 1.54) is 12.1 Å². The number of rotatable bonds is 7. The highest BCUT2D eigenvalue weighted by atomic mass is 32.2. The smallest absolute Gasteiger partial charge is 0.325 e. The van der Waals surface area contributed by atoms with Crippen LogP contribution in [-0.4, -0.2) is 32.1 Å². The molecule has 0 saturated heterocycles. The fourth-order valence-electron chi connectivity index (χ4n) is 3.65. The van der Waals surface area contributed by atoms with Gasteiger partial charge in [0.05, 0.1) is 12.0 Å². The molecule has 0 amide bonds. The third-order valence-corrected chi connectivity index (χ3v) is 6.97. The highest BCUT2D eigenvalue weighted by Crippen LogP contribution is 2.52. The Hall–Kier alpha value is -3.16. The Kier molecular flexibility index (Phi) is 5.09. The molecule has 0 radical (unpaired) electrons. The predicted molar refractivity (Wildman–Crippen MR) is 113 cm³/mol. The van der Waals surface area contributed by atoms with E-state index in [0.29, 0.717) is 0 Å². The summed E-state index contributed by atoms with van der Waals surface area (Å²) < 4.78 is 33.4. The van der Waals surface area contributed by atoms with Gasteiger partial charge >= 0.3 is 5.97 Å². The Morgan fingerprint density at radius 3 is 2.07 bits per heavy atom. The standard InChI is InChI=1S/C23H21NO5S/c1-29-19-11-7-16(8-12-19)17-9-13-20(14-10-17)30(27,28)24-23(22(25)26)15-21(23)18-5-3-2-4-6-18/h2-14,21,24H,15H2,1H3,(H,25,26)/t21-,23?/m0/s1. The summed E-state index contributed by atoms with van der Waals surface area (Å²) in [5, 5.41) is 9.74. The number of carbonyl (C=O) groups is 1. The highest BCUT2D eigenvalue weighted by molar-refractivity contribution is 7.89. The Morgan fingerprint density at radius 1 is 0.967 bits per heavy atom. The summed E-state index contributed by atoms with van der Waals surface area (Å²) in [4.78, 5) is 12.0. The largest absolute Gasteiger partial charge is 0.497 e. The van der Waals surface area contributed by atoms with Gasteiger partial charge in [-0.05, 0) is 47.4 Å². The minimum atomic E-state index is -4.00. The van der Waals surface area contributed by atoms with Crippen molar-refractivity contribution in [3.8, 4) is 16.9 Å². The number of ether oxygens (including phenoxy) is 1. The summed E-state index contributed by atoms with van der Waals surface area (Å²) >= 11 is 0. The normalized spacial score (nSPS) is 20.5. The van der Waals surface area contributed by atoms with Crippen LogP contribution in [0.5, 0.6) is 5.75 Å². The second-order valence-electron chi connectivity index (χ2n) is 7.30. The predicted octanol–water partition coefficient (Wildman–Crippen LogP) is 3.65. The fraction of sp³-hybridized carbons (Fsp3) is 0.174. The van der Waals surface area contributed by atoms with E-state index in [2.05, 4.69) is 4.72 Å². The summed E-state index contributed by atoms with van der Waals surface area (Å²) in [5.74, 6) is -0.835. The first-order valence-corrected chi connectivity index (χ1v) is 10.9. The van der Waals surface area contributed by atoms with Gasteiger partial charge in [0.1, 0.15) is 11.3 Å². The molecule has 2 N–H and O–H groups in total. The van der Waals surface area contributed by atoms with E-state index in [0.717, 1.165) is 22.4 Å². The van der Waals surface area contributed by atoms with Gasteiger partial charge in [-0.1, -0.05) is 54.6 Å². The van der Waals surface area contributed by atoms with Crippen LogP contribution in [0.15, 0.2) is 83.8 Å². The lowest BCUT2D eigenvalue weighted by Gasteiger charge is -2.16. The monoisotopic (exact) mass is 423 g/mol. The summed E-state index contributed by atoms with van der Waals surface area (Å²) in [5.41, 5.74) is 1.05. The van der Waals surface area contributed by atoms with E-state index in [1.807, 2.05) is 54.6 Å². The van der Waals surface area contributed by atoms with E-state index in [-0.39, 0.29) is 11.3 Å². The molecule has 6 nitrogen and oxygen atoms in total. The van der Waals surface area contributed by atoms with Gasteiger partial charge in [0.15, 0.2) is 0 Å². The molecule has 1 fully saturated rings. The molecule has 0 aliphatic heterocycles. The lowest BCUT2D eigenvalue weighted by atomic mass is 10.1. The van der Waals surface area contributed by atoms with Gasteiger partial charge < -0.3 is 9.84 Å². The number of methoxy groups -OCH3 is 1. The van der Waals surface area contributed by atoms with E-state index in [4.69, 9.17) is 4.74 Å². The van der Waals surface area contributed by atoms with E-state index in [1.54, 1.807) is 19.2 Å². The van der Waals surface area contributed by atoms with Crippen LogP contribution in [0.3, 0.4) is 0 Å². The zero-order chi connectivity index (χ0) is 21.4. The molecule has 154 valence electrons. The van der Waals surface area contributed by atoms with E-state index >= 15 is 0 Å². The fourth-order valence-corrected chi connectivity index (χ4v) is 5.06. The van der Waals surface area contributed by atoms with Crippen molar-refractivity contribution < 1.29 is 23.1 Å². The number of hydrogen-bond acceptors (Lipinski definition) is 4. The Balaban J connectivity index is 1.56. The molecular formula is C23H21NO5S. The zero-order valence-corrected chi connectivity index (χ0v) is 17.1. The van der Waals surface area contributed by atoms with Crippen molar-refractivity contribution in [1.82, 2.24) is 4.72 Å². The first-order chi connectivity index (χ1) is 14.4. The molecule has 1 aliphatic rings. The lowest BCUT2D eigenvalue weighted by Crippen LogP contribution is -2.44. The first-order valence-electron chi connectivity index (χ1n) is 9.42. The van der Waals surface area contributed by atoms with Crippen LogP contribution in [0.4, 0.5) is 0 Å². The number of nitrogens with one attached hydrogen (secondary N) is 1. The molecule has 3 aromatic rings. The average molecular weight is 423 g/mol. The van der Waals surface area contributed by atoms with Crippen LogP contribution in [0.25, 0.3) is 11.1 Å². The molecule has 0 heterocycles. The molecule has 3 aromatic carbocycles. The zero-order valence-electron chi connectivity index (χ0n) is 16.3. The molecular weight excluding hydrogens is 402 g/mol. The van der Waals surface area contributed by atoms with Crippen molar-refractivity contribution >= 4 is 16.0 Å². The molecule has 1 saturated carbocycles. The topological polar surface area (TPSA) is 92.7 Å². The highest BCUT2D eigenvalue weighted by Gasteiger charge is 2.63. The molecule has 0 aromatic heterocycles. The minimum absolute atomic E-state index is 0.0269. The van der Waals surface area contributed by atoms with Crippen molar-refractivity contribution in [3.05, 3.63) is 84.4 Å². The molecule has 7 heteroatoms. The Labute approximate surface area is 175 Å². The van der Waals surface area contributed by atoms with Gasteiger partial charge in [-0.25, -0.2) is 8.42 Å². The second-order valence-corrected chi connectivity index (χ2v) is 8.98. The number of aliphatic carboxylic acids is 1. The van der Waals surface area contributed by atoms with Crippen LogP contribution in [-0.2, 0) is 14.8 Å². The molecule has 0 spiro atoms. The van der Waals surface area contributed by atoms with Gasteiger partial charge in [0, 0.05) is 5.92 Å². The van der Waals surface area contributed by atoms with Crippen LogP contribution in [0.2, 0.25) is 0 Å². The number of carboxylic acids is 1. The summed E-state index contributed by atoms with van der Waals surface area (Å²) in [7, 11) is -2.41. The number of benzene rings is 3. The van der Waals surface area contributed by atoms with Crippen molar-refractivity contribution in [2.24, 2.45) is 0 Å². The van der Waals surface area contributed by atoms with Gasteiger partial charge in [0.2, 0.25) is 10.0 Å². The molecule has 1 unspecified atom stereocenters. The van der Waals surface area contributed by atoms with E-state index in [9.17, 15) is 18.3 Å². The van der Waals surface area contributed by atoms with Crippen molar-refractivity contribution in [1.29, 1.82) is 0 Å². The maximum atomic E-state index is 12.9. The molecule has 2 atom stereocenters. The third-order valence-electron chi connectivity index (χ3n) is 5.45. The van der Waals surface area contributed by atoms with Gasteiger partial charge in [0.25, 0.3) is 0 Å². The number of hydrogen-bond donors (Lipinski definition) is 2. The molecule has 1 aliphatic carbocycles. The summed E-state index contributed by atoms with van der Waals surface area (Å²) in [6.07, 6.45) is 0.218. The quantitative estimate of drug-likeness (QED) is 0.605. The molecule has 4 rings (SSSR count). The van der Waals surface area contributed by atoms with Crippen LogP contribution in [0.1, 0.15) is 17.9 Å². The Morgan fingerprint density at radius 2 is 1.53 bits per heavy atom. The SMILES string of the molecule is COc1ccc(-c2ccc(S(=O)(=O)NC3(C(=O)O)C[C@H]3c3ccccc3)cc2)cc1. The van der Waals surface area contributed by atoms with Crippen molar-refractivity contribution in [2.45, 2.75) is 22.8 Å². The Bertz CT molecular complexity index is 1160. The molecule has 0 bridgehead atoms.